The van der Waals surface area contributed by atoms with Gasteiger partial charge in [-0.25, -0.2) is 0 Å². The largest absolute Gasteiger partial charge is 0.493 e. The fraction of sp³-hybridized carbons (Fsp3) is 0.400. The number of carbonyl (C=O) groups excluding carboxylic acids is 2. The molecule has 0 aromatic heterocycles. The molecule has 0 bridgehead atoms. The molecular formula is C25H32N2O4S. The summed E-state index contributed by atoms with van der Waals surface area (Å²) in [6, 6.07) is 17.4. The summed E-state index contributed by atoms with van der Waals surface area (Å²) in [5.41, 5.74) is 1.98. The summed E-state index contributed by atoms with van der Waals surface area (Å²) in [7, 11) is 0. The number of anilines is 1. The van der Waals surface area contributed by atoms with Crippen molar-refractivity contribution >= 4 is 34.9 Å². The van der Waals surface area contributed by atoms with E-state index in [1.165, 1.54) is 5.56 Å². The molecule has 0 spiro atoms. The Morgan fingerprint density at radius 2 is 1.69 bits per heavy atom. The summed E-state index contributed by atoms with van der Waals surface area (Å²) in [5.74, 6) is 0.714. The zero-order valence-electron chi connectivity index (χ0n) is 18.8. The van der Waals surface area contributed by atoms with E-state index in [-0.39, 0.29) is 29.8 Å². The van der Waals surface area contributed by atoms with E-state index in [9.17, 15) is 9.59 Å². The molecule has 0 aliphatic carbocycles. The fourth-order valence-electron chi connectivity index (χ4n) is 2.82. The molecule has 0 aliphatic heterocycles. The third-order valence-electron chi connectivity index (χ3n) is 4.45. The number of nitrogens with one attached hydrogen (secondary N) is 2. The molecule has 2 rings (SSSR count). The zero-order chi connectivity index (χ0) is 23.2. The normalized spacial score (nSPS) is 10.5. The number of benzene rings is 2. The first kappa shape index (κ1) is 25.3. The number of thiocarbonyl (C=S) groups is 1. The van der Waals surface area contributed by atoms with E-state index < -0.39 is 0 Å². The minimum Gasteiger partial charge on any atom is -0.493 e. The maximum Gasteiger partial charge on any atom is 0.305 e. The van der Waals surface area contributed by atoms with Gasteiger partial charge < -0.3 is 20.1 Å². The van der Waals surface area contributed by atoms with Crippen LogP contribution in [0.15, 0.2) is 54.6 Å². The molecule has 0 unspecified atom stereocenters. The highest BCUT2D eigenvalue weighted by Gasteiger charge is 2.08. The van der Waals surface area contributed by atoms with Crippen molar-refractivity contribution in [3.63, 3.8) is 0 Å². The van der Waals surface area contributed by atoms with Crippen LogP contribution in [0, 0.1) is 5.92 Å². The third-order valence-corrected chi connectivity index (χ3v) is 4.65. The Morgan fingerprint density at radius 1 is 0.969 bits per heavy atom. The molecule has 32 heavy (non-hydrogen) atoms. The van der Waals surface area contributed by atoms with Crippen molar-refractivity contribution in [1.29, 1.82) is 0 Å². The predicted octanol–water partition coefficient (Wildman–Crippen LogP) is 4.88. The average Bonchev–Trinajstić information content (AvgIpc) is 2.77. The fourth-order valence-corrected chi connectivity index (χ4v) is 3.05. The van der Waals surface area contributed by atoms with Crippen LogP contribution in [-0.4, -0.2) is 30.2 Å². The van der Waals surface area contributed by atoms with Gasteiger partial charge in [0.2, 0.25) is 5.91 Å². The van der Waals surface area contributed by atoms with Gasteiger partial charge in [-0.2, -0.15) is 0 Å². The molecule has 0 heterocycles. The molecule has 2 aromatic carbocycles. The Balaban J connectivity index is 1.56. The van der Waals surface area contributed by atoms with Crippen molar-refractivity contribution in [1.82, 2.24) is 5.32 Å². The van der Waals surface area contributed by atoms with Crippen molar-refractivity contribution in [2.75, 3.05) is 18.5 Å². The molecule has 0 saturated heterocycles. The maximum atomic E-state index is 12.0. The highest BCUT2D eigenvalue weighted by molar-refractivity contribution is 7.80. The van der Waals surface area contributed by atoms with Gasteiger partial charge in [0.05, 0.1) is 13.2 Å². The van der Waals surface area contributed by atoms with Gasteiger partial charge in [0.25, 0.3) is 0 Å². The zero-order valence-corrected chi connectivity index (χ0v) is 19.6. The third kappa shape index (κ3) is 10.9. The second-order valence-corrected chi connectivity index (χ2v) is 8.30. The maximum absolute atomic E-state index is 12.0. The van der Waals surface area contributed by atoms with E-state index in [2.05, 4.69) is 36.6 Å². The van der Waals surface area contributed by atoms with Crippen LogP contribution in [0.3, 0.4) is 0 Å². The second-order valence-electron chi connectivity index (χ2n) is 7.89. The summed E-state index contributed by atoms with van der Waals surface area (Å²) >= 11 is 5.18. The standard InChI is InChI=1S/C25H32N2O4S/c1-19(2)18-31-22-15-13-21(14-16-22)26-25(32)27-23(28)11-6-12-24(29)30-17-7-10-20-8-4-3-5-9-20/h3-5,8-9,13-16,19H,6-7,10-12,17-18H2,1-2H3,(H2,26,27,28,32). The van der Waals surface area contributed by atoms with Crippen molar-refractivity contribution in [2.24, 2.45) is 5.92 Å². The molecule has 7 heteroatoms. The highest BCUT2D eigenvalue weighted by Crippen LogP contribution is 2.16. The van der Waals surface area contributed by atoms with Gasteiger partial charge in [0, 0.05) is 18.5 Å². The lowest BCUT2D eigenvalue weighted by Crippen LogP contribution is -2.34. The number of amides is 1. The van der Waals surface area contributed by atoms with E-state index >= 15 is 0 Å². The van der Waals surface area contributed by atoms with E-state index in [1.807, 2.05) is 42.5 Å². The summed E-state index contributed by atoms with van der Waals surface area (Å²) in [4.78, 5) is 23.8. The Bertz CT molecular complexity index is 854. The van der Waals surface area contributed by atoms with Gasteiger partial charge in [-0.15, -0.1) is 0 Å². The average molecular weight is 457 g/mol. The van der Waals surface area contributed by atoms with Crippen molar-refractivity contribution in [3.8, 4) is 5.75 Å². The molecule has 6 nitrogen and oxygen atoms in total. The van der Waals surface area contributed by atoms with Crippen molar-refractivity contribution < 1.29 is 19.1 Å². The van der Waals surface area contributed by atoms with Gasteiger partial charge in [0.15, 0.2) is 5.11 Å². The van der Waals surface area contributed by atoms with E-state index in [4.69, 9.17) is 21.7 Å². The number of rotatable bonds is 12. The van der Waals surface area contributed by atoms with Crippen LogP contribution in [-0.2, 0) is 20.7 Å². The molecule has 1 amide bonds. The summed E-state index contributed by atoms with van der Waals surface area (Å²) in [6.45, 7) is 5.22. The Labute approximate surface area is 195 Å². The second kappa shape index (κ2) is 14.2. The first-order chi connectivity index (χ1) is 15.4. The minimum absolute atomic E-state index is 0.197. The molecule has 0 radical (unpaired) electrons. The monoisotopic (exact) mass is 456 g/mol. The number of carbonyl (C=O) groups is 2. The van der Waals surface area contributed by atoms with Crippen LogP contribution in [0.1, 0.15) is 45.1 Å². The number of ether oxygens (including phenoxy) is 2. The lowest BCUT2D eigenvalue weighted by Gasteiger charge is -2.11. The van der Waals surface area contributed by atoms with Gasteiger partial charge in [-0.05, 0) is 67.2 Å². The summed E-state index contributed by atoms with van der Waals surface area (Å²) < 4.78 is 10.9. The molecular weight excluding hydrogens is 424 g/mol. The van der Waals surface area contributed by atoms with Crippen LogP contribution in [0.5, 0.6) is 5.75 Å². The highest BCUT2D eigenvalue weighted by atomic mass is 32.1. The molecule has 0 aliphatic rings. The quantitative estimate of drug-likeness (QED) is 0.269. The lowest BCUT2D eigenvalue weighted by atomic mass is 10.1. The van der Waals surface area contributed by atoms with E-state index in [0.717, 1.165) is 24.3 Å². The predicted molar refractivity (Wildman–Crippen MR) is 131 cm³/mol. The number of esters is 1. The van der Waals surface area contributed by atoms with E-state index in [1.54, 1.807) is 0 Å². The lowest BCUT2D eigenvalue weighted by molar-refractivity contribution is -0.143. The first-order valence-electron chi connectivity index (χ1n) is 11.0. The SMILES string of the molecule is CC(C)COc1ccc(NC(=S)NC(=O)CCCC(=O)OCCCc2ccccc2)cc1. The van der Waals surface area contributed by atoms with E-state index in [0.29, 0.717) is 25.6 Å². The van der Waals surface area contributed by atoms with Gasteiger partial charge in [-0.1, -0.05) is 44.2 Å². The molecule has 0 saturated carbocycles. The summed E-state index contributed by atoms with van der Waals surface area (Å²) in [6.07, 6.45) is 2.46. The minimum atomic E-state index is -0.286. The molecule has 2 N–H and O–H groups in total. The number of hydrogen-bond acceptors (Lipinski definition) is 5. The van der Waals surface area contributed by atoms with Gasteiger partial charge >= 0.3 is 5.97 Å². The van der Waals surface area contributed by atoms with Crippen LogP contribution < -0.4 is 15.4 Å². The van der Waals surface area contributed by atoms with Gasteiger partial charge in [-0.3, -0.25) is 9.59 Å². The van der Waals surface area contributed by atoms with Crippen LogP contribution in [0.4, 0.5) is 5.69 Å². The molecule has 172 valence electrons. The van der Waals surface area contributed by atoms with Gasteiger partial charge in [0.1, 0.15) is 5.75 Å². The van der Waals surface area contributed by atoms with Crippen molar-refractivity contribution in [3.05, 3.63) is 60.2 Å². The Hall–Kier alpha value is -2.93. The summed E-state index contributed by atoms with van der Waals surface area (Å²) in [5, 5.41) is 5.81. The van der Waals surface area contributed by atoms with Crippen LogP contribution in [0.25, 0.3) is 0 Å². The van der Waals surface area contributed by atoms with Crippen LogP contribution in [0.2, 0.25) is 0 Å². The molecule has 2 aromatic rings. The van der Waals surface area contributed by atoms with Crippen molar-refractivity contribution in [2.45, 2.75) is 46.0 Å². The Morgan fingerprint density at radius 3 is 2.38 bits per heavy atom. The van der Waals surface area contributed by atoms with Crippen LogP contribution >= 0.6 is 12.2 Å². The molecule has 0 atom stereocenters. The Kier molecular flexibility index (Phi) is 11.2. The number of hydrogen-bond donors (Lipinski definition) is 2. The topological polar surface area (TPSA) is 76.7 Å². The first-order valence-corrected chi connectivity index (χ1v) is 11.4. The number of aryl methyl sites for hydroxylation is 1. The smallest absolute Gasteiger partial charge is 0.305 e. The molecule has 0 fully saturated rings.